The molecule has 1 amide bonds. The Labute approximate surface area is 168 Å². The van der Waals surface area contributed by atoms with E-state index in [9.17, 15) is 9.18 Å². The zero-order chi connectivity index (χ0) is 20.7. The maximum Gasteiger partial charge on any atom is 0.292 e. The van der Waals surface area contributed by atoms with Gasteiger partial charge in [0.05, 0.1) is 30.6 Å². The van der Waals surface area contributed by atoms with Crippen LogP contribution in [0.3, 0.4) is 0 Å². The number of ether oxygens (including phenoxy) is 1. The number of rotatable bonds is 3. The summed E-state index contributed by atoms with van der Waals surface area (Å²) >= 11 is 0. The van der Waals surface area contributed by atoms with Crippen molar-refractivity contribution in [2.75, 3.05) is 19.8 Å². The molecule has 0 N–H and O–H groups in total. The lowest BCUT2D eigenvalue weighted by molar-refractivity contribution is -0.00469. The Morgan fingerprint density at radius 2 is 1.93 bits per heavy atom. The summed E-state index contributed by atoms with van der Waals surface area (Å²) in [6.45, 7) is 8.41. The molecule has 152 valence electrons. The van der Waals surface area contributed by atoms with Gasteiger partial charge in [0.15, 0.2) is 5.89 Å². The molecule has 0 unspecified atom stereocenters. The number of para-hydroxylation sites is 1. The van der Waals surface area contributed by atoms with Crippen LogP contribution >= 0.6 is 0 Å². The van der Waals surface area contributed by atoms with Gasteiger partial charge in [-0.3, -0.25) is 4.79 Å². The van der Waals surface area contributed by atoms with Crippen LogP contribution in [0.15, 0.2) is 28.7 Å². The minimum Gasteiger partial charge on any atom is -0.436 e. The van der Waals surface area contributed by atoms with Gasteiger partial charge in [-0.15, -0.1) is 0 Å². The summed E-state index contributed by atoms with van der Waals surface area (Å²) in [5.74, 6) is 0.112. The predicted octanol–water partition coefficient (Wildman–Crippen LogP) is 3.45. The molecule has 0 radical (unpaired) electrons. The highest BCUT2D eigenvalue weighted by atomic mass is 19.1. The molecule has 0 spiro atoms. The van der Waals surface area contributed by atoms with Crippen molar-refractivity contribution in [3.05, 3.63) is 64.4 Å². The normalized spacial score (nSPS) is 17.0. The molecule has 1 saturated heterocycles. The van der Waals surface area contributed by atoms with Crippen LogP contribution in [0.5, 0.6) is 0 Å². The van der Waals surface area contributed by atoms with Gasteiger partial charge in [-0.1, -0.05) is 12.1 Å². The molecule has 0 bridgehead atoms. The van der Waals surface area contributed by atoms with Crippen LogP contribution in [-0.4, -0.2) is 45.3 Å². The molecule has 29 heavy (non-hydrogen) atoms. The number of nitrogens with zero attached hydrogens (tertiary/aromatic N) is 4. The molecule has 1 fully saturated rings. The smallest absolute Gasteiger partial charge is 0.292 e. The molecule has 7 nitrogen and oxygen atoms in total. The Hall–Kier alpha value is -3.00. The van der Waals surface area contributed by atoms with Crippen LogP contribution in [0.25, 0.3) is 5.69 Å². The van der Waals surface area contributed by atoms with E-state index in [1.165, 1.54) is 6.07 Å². The first-order valence-electron chi connectivity index (χ1n) is 9.52. The molecule has 1 aromatic carbocycles. The maximum absolute atomic E-state index is 14.3. The van der Waals surface area contributed by atoms with E-state index < -0.39 is 0 Å². The second-order valence-corrected chi connectivity index (χ2v) is 7.18. The average molecular weight is 398 g/mol. The Morgan fingerprint density at radius 1 is 1.17 bits per heavy atom. The molecule has 4 rings (SSSR count). The van der Waals surface area contributed by atoms with E-state index >= 15 is 0 Å². The number of amides is 1. The summed E-state index contributed by atoms with van der Waals surface area (Å²) in [6, 6.07) is 6.15. The van der Waals surface area contributed by atoms with Crippen molar-refractivity contribution in [1.82, 2.24) is 19.7 Å². The topological polar surface area (TPSA) is 73.4 Å². The molecule has 0 saturated carbocycles. The monoisotopic (exact) mass is 398 g/mol. The zero-order valence-electron chi connectivity index (χ0n) is 16.9. The van der Waals surface area contributed by atoms with Crippen molar-refractivity contribution in [2.24, 2.45) is 0 Å². The van der Waals surface area contributed by atoms with E-state index in [4.69, 9.17) is 9.15 Å². The molecule has 1 aliphatic rings. The van der Waals surface area contributed by atoms with Crippen LogP contribution in [0.2, 0.25) is 0 Å². The van der Waals surface area contributed by atoms with Gasteiger partial charge in [0.1, 0.15) is 11.5 Å². The highest BCUT2D eigenvalue weighted by Gasteiger charge is 2.35. The van der Waals surface area contributed by atoms with Crippen LogP contribution in [0, 0.1) is 33.5 Å². The highest BCUT2D eigenvalue weighted by Crippen LogP contribution is 2.32. The quantitative estimate of drug-likeness (QED) is 0.676. The lowest BCUT2D eigenvalue weighted by Gasteiger charge is -2.35. The van der Waals surface area contributed by atoms with E-state index in [1.54, 1.807) is 41.6 Å². The SMILES string of the molecule is Cc1nc(C)c(C(=O)N2CCOC[C@H]2c2c(C)nn(-c3ccccc3F)c2C)o1. The van der Waals surface area contributed by atoms with E-state index in [0.29, 0.717) is 37.0 Å². The molecule has 3 heterocycles. The first-order valence-corrected chi connectivity index (χ1v) is 9.52. The largest absolute Gasteiger partial charge is 0.436 e. The number of hydrogen-bond donors (Lipinski definition) is 0. The Balaban J connectivity index is 1.75. The number of oxazole rings is 1. The number of carbonyl (C=O) groups is 1. The molecular formula is C21H23FN4O3. The average Bonchev–Trinajstić information content (AvgIpc) is 3.19. The number of aryl methyl sites for hydroxylation is 3. The third-order valence-electron chi connectivity index (χ3n) is 5.25. The van der Waals surface area contributed by atoms with Gasteiger partial charge in [0.2, 0.25) is 5.76 Å². The van der Waals surface area contributed by atoms with Gasteiger partial charge in [0, 0.05) is 24.7 Å². The van der Waals surface area contributed by atoms with Crippen molar-refractivity contribution < 1.29 is 18.3 Å². The van der Waals surface area contributed by atoms with Gasteiger partial charge in [0.25, 0.3) is 5.91 Å². The molecule has 2 aromatic heterocycles. The van der Waals surface area contributed by atoms with Crippen LogP contribution in [0.1, 0.15) is 45.1 Å². The molecule has 0 aliphatic carbocycles. The van der Waals surface area contributed by atoms with Gasteiger partial charge in [-0.05, 0) is 32.9 Å². The molecule has 1 atom stereocenters. The highest BCUT2D eigenvalue weighted by molar-refractivity contribution is 5.93. The Bertz CT molecular complexity index is 1070. The summed E-state index contributed by atoms with van der Waals surface area (Å²) in [6.07, 6.45) is 0. The number of hydrogen-bond acceptors (Lipinski definition) is 5. The molecule has 8 heteroatoms. The first-order chi connectivity index (χ1) is 13.9. The van der Waals surface area contributed by atoms with E-state index in [0.717, 1.165) is 17.0 Å². The van der Waals surface area contributed by atoms with E-state index in [2.05, 4.69) is 10.1 Å². The van der Waals surface area contributed by atoms with Crippen molar-refractivity contribution >= 4 is 5.91 Å². The van der Waals surface area contributed by atoms with Crippen LogP contribution in [0.4, 0.5) is 4.39 Å². The van der Waals surface area contributed by atoms with Gasteiger partial charge in [-0.25, -0.2) is 14.1 Å². The van der Waals surface area contributed by atoms with E-state index in [1.807, 2.05) is 13.8 Å². The minimum absolute atomic E-state index is 0.228. The lowest BCUT2D eigenvalue weighted by Crippen LogP contribution is -2.44. The van der Waals surface area contributed by atoms with Gasteiger partial charge < -0.3 is 14.1 Å². The standard InChI is InChI=1S/C21H23FN4O3/c1-12-19(14(3)26(24-12)17-8-6-5-7-16(17)22)18-11-28-10-9-25(18)21(27)20-13(2)23-15(4)29-20/h5-8,18H,9-11H2,1-4H3/t18-/m0/s1. The Morgan fingerprint density at radius 3 is 2.62 bits per heavy atom. The van der Waals surface area contributed by atoms with Crippen molar-refractivity contribution in [2.45, 2.75) is 33.7 Å². The summed E-state index contributed by atoms with van der Waals surface area (Å²) in [7, 11) is 0. The van der Waals surface area contributed by atoms with Gasteiger partial charge in [-0.2, -0.15) is 5.10 Å². The second kappa shape index (κ2) is 7.44. The number of benzene rings is 1. The van der Waals surface area contributed by atoms with Crippen LogP contribution < -0.4 is 0 Å². The number of halogens is 1. The van der Waals surface area contributed by atoms with E-state index in [-0.39, 0.29) is 23.5 Å². The fourth-order valence-corrected chi connectivity index (χ4v) is 3.94. The summed E-state index contributed by atoms with van der Waals surface area (Å²) in [4.78, 5) is 19.2. The fourth-order valence-electron chi connectivity index (χ4n) is 3.94. The molecule has 3 aromatic rings. The first kappa shape index (κ1) is 19.3. The zero-order valence-corrected chi connectivity index (χ0v) is 16.9. The fraction of sp³-hybridized carbons (Fsp3) is 0.381. The maximum atomic E-state index is 14.3. The van der Waals surface area contributed by atoms with Crippen LogP contribution in [-0.2, 0) is 4.74 Å². The third-order valence-corrected chi connectivity index (χ3v) is 5.25. The van der Waals surface area contributed by atoms with Crippen molar-refractivity contribution in [3.63, 3.8) is 0 Å². The summed E-state index contributed by atoms with van der Waals surface area (Å²) in [5.41, 5.74) is 3.29. The molecular weight excluding hydrogens is 375 g/mol. The number of morpholine rings is 1. The number of carbonyl (C=O) groups excluding carboxylic acids is 1. The second-order valence-electron chi connectivity index (χ2n) is 7.18. The van der Waals surface area contributed by atoms with Gasteiger partial charge >= 0.3 is 0 Å². The van der Waals surface area contributed by atoms with Crippen molar-refractivity contribution in [3.8, 4) is 5.69 Å². The van der Waals surface area contributed by atoms with Crippen molar-refractivity contribution in [1.29, 1.82) is 0 Å². The Kier molecular flexibility index (Phi) is 4.96. The number of aromatic nitrogens is 3. The summed E-state index contributed by atoms with van der Waals surface area (Å²) < 4.78 is 27.2. The predicted molar refractivity (Wildman–Crippen MR) is 104 cm³/mol. The summed E-state index contributed by atoms with van der Waals surface area (Å²) in [5, 5.41) is 4.55. The molecule has 1 aliphatic heterocycles. The lowest BCUT2D eigenvalue weighted by atomic mass is 10.0. The minimum atomic E-state index is -0.356. The third kappa shape index (κ3) is 3.33.